The summed E-state index contributed by atoms with van der Waals surface area (Å²) in [6.07, 6.45) is 13.0. The number of carbonyl (C=O) groups is 1. The van der Waals surface area contributed by atoms with Crippen LogP contribution in [0.25, 0.3) is 11.4 Å². The van der Waals surface area contributed by atoms with E-state index in [4.69, 9.17) is 25.3 Å². The first-order valence-corrected chi connectivity index (χ1v) is 20.8. The maximum Gasteiger partial charge on any atom is 0.307 e. The second-order valence-electron chi connectivity index (χ2n) is 19.9. The van der Waals surface area contributed by atoms with Crippen LogP contribution in [0.3, 0.4) is 0 Å². The van der Waals surface area contributed by atoms with Crippen molar-refractivity contribution in [1.82, 2.24) is 19.7 Å². The number of rotatable bonds is 9. The molecular formula is C46H63N5O4. The summed E-state index contributed by atoms with van der Waals surface area (Å²) >= 11 is 0. The van der Waals surface area contributed by atoms with Crippen LogP contribution in [0.5, 0.6) is 0 Å². The molecule has 4 aliphatic carbocycles. The van der Waals surface area contributed by atoms with Gasteiger partial charge < -0.3 is 20.3 Å². The average molecular weight is 750 g/mol. The Kier molecular flexibility index (Phi) is 9.33. The third-order valence-corrected chi connectivity index (χ3v) is 16.8. The molecule has 55 heavy (non-hydrogen) atoms. The van der Waals surface area contributed by atoms with Gasteiger partial charge in [0.25, 0.3) is 0 Å². The van der Waals surface area contributed by atoms with Crippen LogP contribution in [0, 0.1) is 56.7 Å². The molecule has 0 spiro atoms. The van der Waals surface area contributed by atoms with Crippen LogP contribution in [-0.2, 0) is 19.8 Å². The number of carboxylic acid groups (broad SMARTS) is 1. The Morgan fingerprint density at radius 3 is 2.45 bits per heavy atom. The predicted molar refractivity (Wildman–Crippen MR) is 214 cm³/mol. The van der Waals surface area contributed by atoms with E-state index in [0.717, 1.165) is 55.5 Å². The second kappa shape index (κ2) is 13.3. The van der Waals surface area contributed by atoms with E-state index in [9.17, 15) is 9.90 Å². The van der Waals surface area contributed by atoms with Crippen LogP contribution in [0.1, 0.15) is 106 Å². The number of aromatic nitrogens is 4. The molecule has 9 heteroatoms. The number of aliphatic carboxylic acids is 1. The Hall–Kier alpha value is -3.40. The normalized spacial score (nSPS) is 39.9. The van der Waals surface area contributed by atoms with E-state index in [-0.39, 0.29) is 40.2 Å². The summed E-state index contributed by atoms with van der Waals surface area (Å²) in [7, 11) is 0. The van der Waals surface area contributed by atoms with Crippen molar-refractivity contribution in [2.45, 2.75) is 112 Å². The second-order valence-corrected chi connectivity index (χ2v) is 19.9. The van der Waals surface area contributed by atoms with Gasteiger partial charge in [-0.1, -0.05) is 90.4 Å². The minimum absolute atomic E-state index is 0.134. The van der Waals surface area contributed by atoms with E-state index in [1.165, 1.54) is 5.57 Å². The summed E-state index contributed by atoms with van der Waals surface area (Å²) in [5.41, 5.74) is 8.32. The molecule has 0 amide bonds. The first-order valence-electron chi connectivity index (χ1n) is 20.8. The van der Waals surface area contributed by atoms with Gasteiger partial charge in [0.1, 0.15) is 6.33 Å². The van der Waals surface area contributed by atoms with Gasteiger partial charge in [0.15, 0.2) is 5.82 Å². The van der Waals surface area contributed by atoms with Crippen LogP contribution >= 0.6 is 0 Å². The monoisotopic (exact) mass is 749 g/mol. The molecule has 4 fully saturated rings. The van der Waals surface area contributed by atoms with Crippen molar-refractivity contribution in [1.29, 1.82) is 0 Å². The molecule has 1 aromatic carbocycles. The summed E-state index contributed by atoms with van der Waals surface area (Å²) in [5, 5.41) is 16.2. The number of carboxylic acids is 1. The van der Waals surface area contributed by atoms with Gasteiger partial charge in [-0.25, -0.2) is 9.67 Å². The van der Waals surface area contributed by atoms with E-state index < -0.39 is 28.3 Å². The fraction of sp³-hybridized carbons (Fsp3) is 0.652. The molecule has 0 unspecified atom stereocenters. The van der Waals surface area contributed by atoms with Crippen molar-refractivity contribution < 1.29 is 19.4 Å². The number of nitrogens with two attached hydrogens (primary N) is 1. The standard InChI is InChI=1S/C46H63N5O4/c1-29(2)30(3)42(5)20-21-43(6)33-14-15-36-41(4)24-35(51-39(49-28-50-51)31-17-22-48-23-18-31)38(55-26-45(8,47)32-12-10-9-11-13-32)46(36,27-54-25-41)34(33)16-19-44(43,7)37(42)40(52)53/h9-13,16-18,22-23,28-30,33,35-38H,14-15,19-21,24-27,47H2,1-8H3,(H,52,53)/t30-,33+,35-,36-,37-,38+,41-,42-,43-,44+,45+,46+/m1/s1. The zero-order valence-electron chi connectivity index (χ0n) is 34.3. The van der Waals surface area contributed by atoms with Crippen LogP contribution < -0.4 is 5.73 Å². The van der Waals surface area contributed by atoms with Gasteiger partial charge in [0.05, 0.1) is 43.4 Å². The molecule has 0 radical (unpaired) electrons. The van der Waals surface area contributed by atoms with Crippen molar-refractivity contribution in [3.05, 3.63) is 78.4 Å². The van der Waals surface area contributed by atoms with Crippen LogP contribution in [-0.4, -0.2) is 56.7 Å². The van der Waals surface area contributed by atoms with E-state index in [1.807, 2.05) is 30.3 Å². The minimum Gasteiger partial charge on any atom is -0.481 e. The molecular weight excluding hydrogens is 687 g/mol. The van der Waals surface area contributed by atoms with Crippen molar-refractivity contribution >= 4 is 5.97 Å². The number of ether oxygens (including phenoxy) is 2. The third-order valence-electron chi connectivity index (χ3n) is 16.8. The Morgan fingerprint density at radius 2 is 1.76 bits per heavy atom. The number of fused-ring (bicyclic) bond motifs is 3. The first-order chi connectivity index (χ1) is 26.0. The summed E-state index contributed by atoms with van der Waals surface area (Å²) in [6.45, 7) is 19.9. The first kappa shape index (κ1) is 38.5. The zero-order valence-corrected chi connectivity index (χ0v) is 34.3. The highest BCUT2D eigenvalue weighted by atomic mass is 16.5. The number of hydrogen-bond acceptors (Lipinski definition) is 7. The highest BCUT2D eigenvalue weighted by molar-refractivity contribution is 5.73. The average Bonchev–Trinajstić information content (AvgIpc) is 3.65. The maximum atomic E-state index is 13.7. The highest BCUT2D eigenvalue weighted by Gasteiger charge is 2.72. The number of benzene rings is 1. The summed E-state index contributed by atoms with van der Waals surface area (Å²) in [6, 6.07) is 14.1. The fourth-order valence-corrected chi connectivity index (χ4v) is 13.5. The molecule has 296 valence electrons. The Morgan fingerprint density at radius 1 is 1.04 bits per heavy atom. The van der Waals surface area contributed by atoms with Gasteiger partial charge in [-0.05, 0) is 108 Å². The molecule has 12 atom stereocenters. The summed E-state index contributed by atoms with van der Waals surface area (Å²) in [4.78, 5) is 22.8. The molecule has 9 nitrogen and oxygen atoms in total. The third kappa shape index (κ3) is 5.56. The molecule has 8 rings (SSSR count). The topological polar surface area (TPSA) is 125 Å². The molecule has 1 aliphatic heterocycles. The van der Waals surface area contributed by atoms with Gasteiger partial charge in [-0.3, -0.25) is 9.78 Å². The highest BCUT2D eigenvalue weighted by Crippen LogP contribution is 2.75. The Labute approximate surface area is 327 Å². The zero-order chi connectivity index (χ0) is 39.2. The predicted octanol–water partition coefficient (Wildman–Crippen LogP) is 8.73. The molecule has 2 aromatic heterocycles. The van der Waals surface area contributed by atoms with Gasteiger partial charge in [-0.2, -0.15) is 5.10 Å². The Bertz CT molecular complexity index is 1930. The van der Waals surface area contributed by atoms with Crippen molar-refractivity contribution in [3.8, 4) is 11.4 Å². The largest absolute Gasteiger partial charge is 0.481 e. The van der Waals surface area contributed by atoms with Crippen LogP contribution in [0.4, 0.5) is 0 Å². The number of nitrogens with zero attached hydrogens (tertiary/aromatic N) is 4. The van der Waals surface area contributed by atoms with E-state index >= 15 is 0 Å². The van der Waals surface area contributed by atoms with Gasteiger partial charge in [-0.15, -0.1) is 0 Å². The lowest BCUT2D eigenvalue weighted by molar-refractivity contribution is -0.254. The lowest BCUT2D eigenvalue weighted by Gasteiger charge is -2.71. The van der Waals surface area contributed by atoms with Gasteiger partial charge in [0, 0.05) is 23.4 Å². The lowest BCUT2D eigenvalue weighted by atomic mass is 9.34. The van der Waals surface area contributed by atoms with Crippen molar-refractivity contribution in [2.75, 3.05) is 19.8 Å². The molecule has 3 heterocycles. The van der Waals surface area contributed by atoms with Crippen LogP contribution in [0.2, 0.25) is 0 Å². The van der Waals surface area contributed by atoms with E-state index in [2.05, 4.69) is 83.3 Å². The van der Waals surface area contributed by atoms with Gasteiger partial charge >= 0.3 is 5.97 Å². The Balaban J connectivity index is 1.29. The molecule has 3 N–H and O–H groups in total. The van der Waals surface area contributed by atoms with Crippen molar-refractivity contribution in [2.24, 2.45) is 62.4 Å². The summed E-state index contributed by atoms with van der Waals surface area (Å²) in [5.74, 6) is 0.916. The minimum atomic E-state index is -0.736. The summed E-state index contributed by atoms with van der Waals surface area (Å²) < 4.78 is 16.4. The van der Waals surface area contributed by atoms with E-state index in [0.29, 0.717) is 31.7 Å². The molecule has 2 bridgehead atoms. The fourth-order valence-electron chi connectivity index (χ4n) is 13.5. The number of pyridine rings is 1. The molecule has 3 aromatic rings. The molecule has 1 saturated heterocycles. The smallest absolute Gasteiger partial charge is 0.307 e. The maximum absolute atomic E-state index is 13.7. The SMILES string of the molecule is CC(C)[C@@H](C)[C@@]1(C)CC[C@]2(C)[C@H]3CC[C@@H]4[C@@]5(C)COC[C@@]4(C3=CC[C@@]2(C)[C@@H]1C(=O)O)[C@@H](OC[C@](C)(N)c1ccccc1)[C@H](n1ncnc1-c1ccncc1)C5. The van der Waals surface area contributed by atoms with Gasteiger partial charge in [0.2, 0.25) is 0 Å². The number of hydrogen-bond donors (Lipinski definition) is 2. The van der Waals surface area contributed by atoms with E-state index in [1.54, 1.807) is 18.7 Å². The number of allylic oxidation sites excluding steroid dienone is 1. The lowest BCUT2D eigenvalue weighted by Crippen LogP contribution is -2.70. The molecule has 5 aliphatic rings. The quantitative estimate of drug-likeness (QED) is 0.208. The van der Waals surface area contributed by atoms with Crippen molar-refractivity contribution in [3.63, 3.8) is 0 Å². The molecule has 3 saturated carbocycles. The van der Waals surface area contributed by atoms with Crippen LogP contribution in [0.15, 0.2) is 72.8 Å².